The zero-order valence-corrected chi connectivity index (χ0v) is 25.4. The third-order valence-corrected chi connectivity index (χ3v) is 7.70. The van der Waals surface area contributed by atoms with Gasteiger partial charge in [0.05, 0.1) is 0 Å². The van der Waals surface area contributed by atoms with Crippen molar-refractivity contribution in [3.63, 3.8) is 0 Å². The summed E-state index contributed by atoms with van der Waals surface area (Å²) in [6.07, 6.45) is -1.60. The van der Waals surface area contributed by atoms with Crippen LogP contribution in [0.1, 0.15) is 36.9 Å². The van der Waals surface area contributed by atoms with Gasteiger partial charge in [0.2, 0.25) is 0 Å². The second-order valence-electron chi connectivity index (χ2n) is 10.2. The van der Waals surface area contributed by atoms with Gasteiger partial charge < -0.3 is 4.74 Å². The minimum absolute atomic E-state index is 0.0728. The monoisotopic (exact) mass is 651 g/mol. The molecule has 1 N–H and O–H groups in total. The van der Waals surface area contributed by atoms with Gasteiger partial charge in [-0.3, -0.25) is 0 Å². The number of amides is 3. The molecule has 1 atom stereocenters. The Labute approximate surface area is 265 Å². The summed E-state index contributed by atoms with van der Waals surface area (Å²) in [6, 6.07) is 15.0. The van der Waals surface area contributed by atoms with Crippen molar-refractivity contribution < 1.29 is 36.9 Å². The van der Waals surface area contributed by atoms with Crippen molar-refractivity contribution in [2.24, 2.45) is 4.99 Å². The fourth-order valence-corrected chi connectivity index (χ4v) is 5.44. The molecule has 0 saturated carbocycles. The zero-order valence-electron chi connectivity index (χ0n) is 24.6. The second-order valence-corrected chi connectivity index (χ2v) is 11.1. The van der Waals surface area contributed by atoms with Crippen LogP contribution in [0.25, 0.3) is 17.1 Å². The van der Waals surface area contributed by atoms with E-state index in [4.69, 9.17) is 4.74 Å². The number of aliphatic imine (C=N–C) groups is 1. The van der Waals surface area contributed by atoms with E-state index in [2.05, 4.69) is 25.1 Å². The molecule has 5 rings (SSSR count). The Hall–Kier alpha value is -5.11. The van der Waals surface area contributed by atoms with Crippen LogP contribution in [0.3, 0.4) is 0 Å². The number of nitrogens with one attached hydrogen (secondary N) is 1. The third-order valence-electron chi connectivity index (χ3n) is 6.78. The van der Waals surface area contributed by atoms with Crippen LogP contribution < -0.4 is 19.7 Å². The standard InChI is InChI=1S/C31H25F3N6O5S/c1-18(2)24-13-12-23(44-3)14-26(24)40-27(42)16-46-30(40)37-29(43)36-25(15-41)19-4-6-20(7-5-19)28-35-17-39(38-28)21-8-10-22(11-9-21)45-31(32,33)34/h4-14,17-18,25H,16H2,1-3H3/p+1. The van der Waals surface area contributed by atoms with Gasteiger partial charge in [-0.15, -0.1) is 13.2 Å². The molecule has 0 radical (unpaired) electrons. The molecular formula is C31H26F3N6O5S+. The maximum atomic E-state index is 12.9. The van der Waals surface area contributed by atoms with Crippen LogP contribution >= 0.6 is 11.8 Å². The summed E-state index contributed by atoms with van der Waals surface area (Å²) in [6.45, 7) is 3.97. The van der Waals surface area contributed by atoms with Crippen LogP contribution in [0.5, 0.6) is 11.5 Å². The SMILES string of the molecule is COc1ccc(C(C)C)c(N2C(=O)CSC2=NC(=O)NC(C#[O+])c2ccc(-c3ncn(-c4ccc(OC(F)(F)F)cc4)n3)cc2)c1. The molecule has 46 heavy (non-hydrogen) atoms. The van der Waals surface area contributed by atoms with E-state index in [0.717, 1.165) is 29.5 Å². The van der Waals surface area contributed by atoms with Gasteiger partial charge in [-0.2, -0.15) is 0 Å². The van der Waals surface area contributed by atoms with Crippen LogP contribution in [0, 0.1) is 6.15 Å². The summed E-state index contributed by atoms with van der Waals surface area (Å²) in [5, 5.41) is 7.04. The van der Waals surface area contributed by atoms with E-state index in [1.807, 2.05) is 19.9 Å². The number of nitrogens with zero attached hydrogens (tertiary/aromatic N) is 5. The molecule has 0 spiro atoms. The molecule has 1 aromatic heterocycles. The molecular weight excluding hydrogens is 625 g/mol. The first-order valence-electron chi connectivity index (χ1n) is 13.7. The quantitative estimate of drug-likeness (QED) is 0.223. The predicted molar refractivity (Wildman–Crippen MR) is 164 cm³/mol. The zero-order chi connectivity index (χ0) is 33.0. The number of thioether (sulfide) groups is 1. The molecule has 3 amide bonds. The van der Waals surface area contributed by atoms with E-state index in [1.54, 1.807) is 42.5 Å². The molecule has 3 aromatic carbocycles. The van der Waals surface area contributed by atoms with Gasteiger partial charge in [0.25, 0.3) is 0 Å². The number of carbonyl (C=O) groups excluding carboxylic acids is 2. The van der Waals surface area contributed by atoms with Crippen molar-refractivity contribution in [3.8, 4) is 34.7 Å². The fraction of sp³-hybridized carbons (Fsp3) is 0.226. The van der Waals surface area contributed by atoms with Gasteiger partial charge >= 0.3 is 242 Å². The number of halogens is 3. The first-order chi connectivity index (χ1) is 22.0. The van der Waals surface area contributed by atoms with Crippen molar-refractivity contribution in [3.05, 3.63) is 84.2 Å². The Morgan fingerprint density at radius 3 is 2.41 bits per heavy atom. The van der Waals surface area contributed by atoms with Gasteiger partial charge in [0.15, 0.2) is 0 Å². The summed E-state index contributed by atoms with van der Waals surface area (Å²) >= 11 is 1.11. The molecule has 4 aromatic rings. The number of benzene rings is 3. The number of rotatable bonds is 8. The number of methoxy groups -OCH3 is 1. The summed E-state index contributed by atoms with van der Waals surface area (Å²) in [5.41, 5.74) is 2.88. The third kappa shape index (κ3) is 7.40. The summed E-state index contributed by atoms with van der Waals surface area (Å²) in [4.78, 5) is 35.5. The number of aromatic nitrogens is 3. The molecule has 15 heteroatoms. The first-order valence-corrected chi connectivity index (χ1v) is 14.7. The Bertz CT molecular complexity index is 1820. The Morgan fingerprint density at radius 2 is 1.78 bits per heavy atom. The maximum absolute atomic E-state index is 12.9. The van der Waals surface area contributed by atoms with E-state index >= 15 is 0 Å². The predicted octanol–water partition coefficient (Wildman–Crippen LogP) is 6.24. The Kier molecular flexibility index (Phi) is 9.46. The van der Waals surface area contributed by atoms with Crippen molar-refractivity contribution in [1.29, 1.82) is 0 Å². The number of alkyl halides is 3. The topological polar surface area (TPSA) is 131 Å². The van der Waals surface area contributed by atoms with Gasteiger partial charge in [0, 0.05) is 0 Å². The van der Waals surface area contributed by atoms with Crippen molar-refractivity contribution in [2.75, 3.05) is 17.8 Å². The van der Waals surface area contributed by atoms with E-state index in [-0.39, 0.29) is 28.5 Å². The normalized spacial score (nSPS) is 14.8. The van der Waals surface area contributed by atoms with Gasteiger partial charge in [-0.1, -0.05) is 0 Å². The van der Waals surface area contributed by atoms with Gasteiger partial charge in [-0.25, -0.2) is 0 Å². The fourth-order valence-electron chi connectivity index (χ4n) is 4.58. The van der Waals surface area contributed by atoms with Crippen LogP contribution in [0.2, 0.25) is 0 Å². The van der Waals surface area contributed by atoms with Gasteiger partial charge in [0.1, 0.15) is 5.75 Å². The summed E-state index contributed by atoms with van der Waals surface area (Å²) < 4.78 is 59.7. The van der Waals surface area contributed by atoms with E-state index in [1.165, 1.54) is 35.2 Å². The second kappa shape index (κ2) is 13.5. The minimum atomic E-state index is -4.79. The molecule has 0 aliphatic carbocycles. The number of ether oxygens (including phenoxy) is 2. The number of anilines is 1. The van der Waals surface area contributed by atoms with E-state index in [9.17, 15) is 27.4 Å². The number of amidine groups is 1. The van der Waals surface area contributed by atoms with Crippen LogP contribution in [-0.4, -0.2) is 51.1 Å². The molecule has 11 nitrogen and oxygen atoms in total. The number of carbonyl (C=O) groups is 2. The number of hydrogen-bond donors (Lipinski definition) is 1. The van der Waals surface area contributed by atoms with E-state index in [0.29, 0.717) is 34.1 Å². The average Bonchev–Trinajstić information content (AvgIpc) is 3.66. The average molecular weight is 652 g/mol. The van der Waals surface area contributed by atoms with Crippen molar-refractivity contribution >= 4 is 34.6 Å². The van der Waals surface area contributed by atoms with Crippen LogP contribution in [-0.2, 0) is 9.45 Å². The molecule has 1 aliphatic rings. The molecule has 2 heterocycles. The Balaban J connectivity index is 1.29. The van der Waals surface area contributed by atoms with E-state index < -0.39 is 18.4 Å². The summed E-state index contributed by atoms with van der Waals surface area (Å²) in [5.74, 6) is 0.408. The molecule has 0 bridgehead atoms. The van der Waals surface area contributed by atoms with Crippen molar-refractivity contribution in [1.82, 2.24) is 20.1 Å². The number of hydrogen-bond acceptors (Lipinski definition) is 7. The molecule has 1 aliphatic heterocycles. The van der Waals surface area contributed by atoms with Crippen LogP contribution in [0.4, 0.5) is 23.7 Å². The van der Waals surface area contributed by atoms with Gasteiger partial charge in [-0.05, 0) is 0 Å². The first kappa shape index (κ1) is 32.3. The molecule has 1 saturated heterocycles. The number of urea groups is 1. The Morgan fingerprint density at radius 1 is 1.09 bits per heavy atom. The van der Waals surface area contributed by atoms with Crippen molar-refractivity contribution in [2.45, 2.75) is 32.2 Å². The molecule has 1 unspecified atom stereocenters. The summed E-state index contributed by atoms with van der Waals surface area (Å²) in [7, 11) is 1.52. The molecule has 1 fully saturated rings. The van der Waals surface area contributed by atoms with Crippen LogP contribution in [0.15, 0.2) is 78.0 Å². The molecule has 236 valence electrons.